The molecule has 3 N–H and O–H groups in total. The van der Waals surface area contributed by atoms with E-state index in [4.69, 9.17) is 37.0 Å². The van der Waals surface area contributed by atoms with E-state index in [0.29, 0.717) is 25.7 Å². The highest BCUT2D eigenvalue weighted by Crippen LogP contribution is 2.45. The molecule has 0 rings (SSSR count). The van der Waals surface area contributed by atoms with Gasteiger partial charge in [-0.05, 0) is 31.6 Å². The number of phosphoric ester groups is 2. The Kier molecular flexibility index (Phi) is 68.7. The minimum absolute atomic E-state index is 0.108. The van der Waals surface area contributed by atoms with Crippen LogP contribution in [0, 0.1) is 5.92 Å². The van der Waals surface area contributed by atoms with E-state index in [9.17, 15) is 43.2 Å². The van der Waals surface area contributed by atoms with Crippen molar-refractivity contribution >= 4 is 39.5 Å². The van der Waals surface area contributed by atoms with Crippen LogP contribution in [0.5, 0.6) is 0 Å². The summed E-state index contributed by atoms with van der Waals surface area (Å²) >= 11 is 0. The van der Waals surface area contributed by atoms with Crippen LogP contribution in [0.1, 0.15) is 407 Å². The van der Waals surface area contributed by atoms with Crippen molar-refractivity contribution in [2.24, 2.45) is 5.92 Å². The Morgan fingerprint density at radius 2 is 0.479 bits per heavy atom. The summed E-state index contributed by atoms with van der Waals surface area (Å²) in [6.07, 6.45) is 59.7. The third kappa shape index (κ3) is 70.5. The van der Waals surface area contributed by atoms with Gasteiger partial charge >= 0.3 is 39.5 Å². The first-order valence-electron chi connectivity index (χ1n) is 40.1. The maximum atomic E-state index is 13.1. The van der Waals surface area contributed by atoms with Crippen LogP contribution >= 0.6 is 15.6 Å². The second kappa shape index (κ2) is 70.1. The predicted molar refractivity (Wildman–Crippen MR) is 391 cm³/mol. The molecule has 96 heavy (non-hydrogen) atoms. The topological polar surface area (TPSA) is 237 Å². The summed E-state index contributed by atoms with van der Waals surface area (Å²) in [7, 11) is -9.91. The van der Waals surface area contributed by atoms with E-state index in [1.54, 1.807) is 0 Å². The summed E-state index contributed by atoms with van der Waals surface area (Å²) in [5.41, 5.74) is 0. The zero-order valence-corrected chi connectivity index (χ0v) is 64.3. The summed E-state index contributed by atoms with van der Waals surface area (Å²) in [6, 6.07) is 0. The molecule has 0 saturated carbocycles. The predicted octanol–water partition coefficient (Wildman–Crippen LogP) is 22.9. The van der Waals surface area contributed by atoms with Crippen LogP contribution in [0.4, 0.5) is 0 Å². The van der Waals surface area contributed by atoms with Crippen LogP contribution in [0.3, 0.4) is 0 Å². The maximum absolute atomic E-state index is 13.1. The Morgan fingerprint density at radius 3 is 0.708 bits per heavy atom. The number of esters is 4. The highest BCUT2D eigenvalue weighted by atomic mass is 31.2. The zero-order chi connectivity index (χ0) is 70.5. The van der Waals surface area contributed by atoms with Crippen molar-refractivity contribution in [3.05, 3.63) is 0 Å². The number of phosphoric acid groups is 2. The molecule has 0 aromatic heterocycles. The van der Waals surface area contributed by atoms with Crippen molar-refractivity contribution < 1.29 is 80.2 Å². The summed E-state index contributed by atoms with van der Waals surface area (Å²) in [5.74, 6) is -1.31. The van der Waals surface area contributed by atoms with Gasteiger partial charge in [0.05, 0.1) is 26.4 Å². The lowest BCUT2D eigenvalue weighted by Crippen LogP contribution is -2.30. The van der Waals surface area contributed by atoms with Crippen LogP contribution in [-0.4, -0.2) is 96.7 Å². The van der Waals surface area contributed by atoms with Crippen molar-refractivity contribution in [2.45, 2.75) is 425 Å². The molecule has 0 aromatic carbocycles. The van der Waals surface area contributed by atoms with Crippen LogP contribution in [0.25, 0.3) is 0 Å². The Labute approximate surface area is 588 Å². The minimum Gasteiger partial charge on any atom is -0.462 e. The average molecular weight is 1410 g/mol. The number of aliphatic hydroxyl groups excluding tert-OH is 1. The molecule has 0 bridgehead atoms. The van der Waals surface area contributed by atoms with Gasteiger partial charge in [0.15, 0.2) is 12.2 Å². The first-order chi connectivity index (χ1) is 46.5. The van der Waals surface area contributed by atoms with Gasteiger partial charge in [0, 0.05) is 25.7 Å². The fourth-order valence-electron chi connectivity index (χ4n) is 11.9. The number of hydrogen-bond acceptors (Lipinski definition) is 15. The number of carbonyl (C=O) groups excluding carboxylic acids is 4. The number of hydrogen-bond donors (Lipinski definition) is 3. The lowest BCUT2D eigenvalue weighted by Gasteiger charge is -2.21. The lowest BCUT2D eigenvalue weighted by atomic mass is 10.0. The SMILES string of the molecule is CCCCCCCCCCCCCCCCCC(=O)OC[C@H](COP(=O)(O)OC[C@@H](O)COP(=O)(O)OC[C@@H](COC(=O)CCCCCCCCC)OC(=O)CCCCCCCCCCCCCCCCC)OC(=O)CCCCCCCCCCCCCCCCCCC(C)C. The van der Waals surface area contributed by atoms with E-state index < -0.39 is 97.5 Å². The molecule has 0 aromatic rings. The number of unbranched alkanes of at least 4 members (excludes halogenated alkanes) is 49. The largest absolute Gasteiger partial charge is 0.472 e. The van der Waals surface area contributed by atoms with Crippen LogP contribution in [0.15, 0.2) is 0 Å². The summed E-state index contributed by atoms with van der Waals surface area (Å²) in [5, 5.41) is 10.6. The molecule has 0 spiro atoms. The molecular weight excluding hydrogens is 1260 g/mol. The highest BCUT2D eigenvalue weighted by molar-refractivity contribution is 7.47. The van der Waals surface area contributed by atoms with E-state index in [0.717, 1.165) is 109 Å². The van der Waals surface area contributed by atoms with Gasteiger partial charge < -0.3 is 33.8 Å². The summed E-state index contributed by atoms with van der Waals surface area (Å²) in [4.78, 5) is 72.7. The van der Waals surface area contributed by atoms with Crippen molar-refractivity contribution in [1.82, 2.24) is 0 Å². The molecule has 17 nitrogen and oxygen atoms in total. The minimum atomic E-state index is -4.96. The summed E-state index contributed by atoms with van der Waals surface area (Å²) in [6.45, 7) is 7.30. The van der Waals surface area contributed by atoms with E-state index in [-0.39, 0.29) is 25.7 Å². The summed E-state index contributed by atoms with van der Waals surface area (Å²) < 4.78 is 68.5. The van der Waals surface area contributed by atoms with E-state index >= 15 is 0 Å². The normalized spacial score (nSPS) is 13.9. The second-order valence-electron chi connectivity index (χ2n) is 28.2. The average Bonchev–Trinajstić information content (AvgIpc) is 3.02. The molecule has 0 heterocycles. The highest BCUT2D eigenvalue weighted by Gasteiger charge is 2.30. The van der Waals surface area contributed by atoms with Gasteiger partial charge in [-0.15, -0.1) is 0 Å². The third-order valence-corrected chi connectivity index (χ3v) is 19.9. The molecule has 0 amide bonds. The molecule has 0 aliphatic carbocycles. The Morgan fingerprint density at radius 1 is 0.281 bits per heavy atom. The van der Waals surface area contributed by atoms with Gasteiger partial charge in [0.2, 0.25) is 0 Å². The maximum Gasteiger partial charge on any atom is 0.472 e. The molecule has 0 saturated heterocycles. The lowest BCUT2D eigenvalue weighted by molar-refractivity contribution is -0.161. The molecule has 0 aliphatic rings. The molecule has 0 aliphatic heterocycles. The molecule has 2 unspecified atom stereocenters. The van der Waals surface area contributed by atoms with Crippen LogP contribution in [0.2, 0.25) is 0 Å². The van der Waals surface area contributed by atoms with Crippen molar-refractivity contribution in [3.8, 4) is 0 Å². The van der Waals surface area contributed by atoms with E-state index in [1.807, 2.05) is 0 Å². The fourth-order valence-corrected chi connectivity index (χ4v) is 13.5. The Bertz CT molecular complexity index is 1840. The molecule has 570 valence electrons. The van der Waals surface area contributed by atoms with Crippen molar-refractivity contribution in [2.75, 3.05) is 39.6 Å². The molecular formula is C77H150O17P2. The first kappa shape index (κ1) is 94.1. The van der Waals surface area contributed by atoms with E-state index in [1.165, 1.54) is 218 Å². The van der Waals surface area contributed by atoms with E-state index in [2.05, 4.69) is 34.6 Å². The number of aliphatic hydroxyl groups is 1. The number of ether oxygens (including phenoxy) is 4. The van der Waals surface area contributed by atoms with Gasteiger partial charge in [0.25, 0.3) is 0 Å². The van der Waals surface area contributed by atoms with Gasteiger partial charge in [-0.1, -0.05) is 356 Å². The Hall–Kier alpha value is -1.94. The fraction of sp³-hybridized carbons (Fsp3) is 0.948. The molecule has 0 radical (unpaired) electrons. The van der Waals surface area contributed by atoms with Crippen LogP contribution in [-0.2, 0) is 65.4 Å². The number of carbonyl (C=O) groups is 4. The van der Waals surface area contributed by atoms with Gasteiger partial charge in [-0.2, -0.15) is 0 Å². The molecule has 5 atom stereocenters. The number of rotatable bonds is 77. The van der Waals surface area contributed by atoms with Crippen molar-refractivity contribution in [3.63, 3.8) is 0 Å². The van der Waals surface area contributed by atoms with Gasteiger partial charge in [-0.25, -0.2) is 9.13 Å². The van der Waals surface area contributed by atoms with Gasteiger partial charge in [0.1, 0.15) is 19.3 Å². The second-order valence-corrected chi connectivity index (χ2v) is 31.1. The van der Waals surface area contributed by atoms with Gasteiger partial charge in [-0.3, -0.25) is 37.3 Å². The first-order valence-corrected chi connectivity index (χ1v) is 43.1. The monoisotopic (exact) mass is 1410 g/mol. The molecule has 0 fully saturated rings. The van der Waals surface area contributed by atoms with Crippen molar-refractivity contribution in [1.29, 1.82) is 0 Å². The molecule has 19 heteroatoms. The third-order valence-electron chi connectivity index (χ3n) is 18.0. The Balaban J connectivity index is 5.18. The smallest absolute Gasteiger partial charge is 0.462 e. The zero-order valence-electron chi connectivity index (χ0n) is 62.5. The standard InChI is InChI=1S/C77H150O17P2/c1-6-9-12-15-18-20-22-24-28-33-37-41-46-51-56-61-75(80)88-67-73(94-77(82)63-58-53-48-43-39-35-31-27-26-30-32-36-40-45-49-54-59-70(4)5)69-92-96(85,86)90-65-71(78)64-89-95(83,84)91-68-72(66-87-74(79)60-55-50-44-17-14-11-8-3)93-76(81)62-57-52-47-42-38-34-29-25-23-21-19-16-13-10-7-2/h70-73,78H,6-69H2,1-5H3,(H,83,84)(H,85,86)/t71-,72+,73+/m0/s1. The quantitative estimate of drug-likeness (QED) is 0.0222. The van der Waals surface area contributed by atoms with Crippen LogP contribution < -0.4 is 0 Å².